The molecule has 21 heavy (non-hydrogen) atoms. The van der Waals surface area contributed by atoms with Crippen molar-refractivity contribution in [3.8, 4) is 0 Å². The first-order valence-corrected chi connectivity index (χ1v) is 7.68. The zero-order valence-corrected chi connectivity index (χ0v) is 12.2. The number of carbonyl (C=O) groups excluding carboxylic acids is 1. The van der Waals surface area contributed by atoms with Gasteiger partial charge in [0.2, 0.25) is 0 Å². The summed E-state index contributed by atoms with van der Waals surface area (Å²) in [7, 11) is 0. The number of fused-ring (bicyclic) bond motifs is 3. The van der Waals surface area contributed by atoms with Gasteiger partial charge in [0, 0.05) is 6.54 Å². The smallest absolute Gasteiger partial charge is 0.250 e. The second kappa shape index (κ2) is 4.31. The number of para-hydroxylation sites is 1. The molecule has 2 fully saturated rings. The Kier molecular flexibility index (Phi) is 2.63. The van der Waals surface area contributed by atoms with Gasteiger partial charge in [-0.2, -0.15) is 0 Å². The summed E-state index contributed by atoms with van der Waals surface area (Å²) in [5, 5.41) is 0. The molecule has 0 spiro atoms. The molecule has 1 aromatic carbocycles. The van der Waals surface area contributed by atoms with Crippen LogP contribution in [0.3, 0.4) is 0 Å². The molecule has 1 aliphatic carbocycles. The number of nitrogens with one attached hydrogen (secondary N) is 1. The largest absolute Gasteiger partial charge is 0.366 e. The first kappa shape index (κ1) is 12.8. The van der Waals surface area contributed by atoms with Gasteiger partial charge in [-0.15, -0.1) is 0 Å². The molecule has 2 heterocycles. The van der Waals surface area contributed by atoms with Crippen molar-refractivity contribution in [3.63, 3.8) is 0 Å². The lowest BCUT2D eigenvalue weighted by atomic mass is 9.96. The fourth-order valence-electron chi connectivity index (χ4n) is 4.30. The van der Waals surface area contributed by atoms with E-state index in [1.165, 1.54) is 12.8 Å². The van der Waals surface area contributed by atoms with Gasteiger partial charge in [0.05, 0.1) is 16.6 Å². The van der Waals surface area contributed by atoms with Crippen LogP contribution in [0.4, 0.5) is 0 Å². The number of hydrogen-bond acceptors (Lipinski definition) is 3. The number of hydrogen-bond donors (Lipinski definition) is 2. The van der Waals surface area contributed by atoms with Crippen LogP contribution in [-0.2, 0) is 5.54 Å². The number of amides is 1. The minimum atomic E-state index is -0.417. The number of rotatable bonds is 3. The molecular formula is C16H20N4O. The molecule has 5 heteroatoms. The summed E-state index contributed by atoms with van der Waals surface area (Å²) in [6, 6.07) is 5.56. The van der Waals surface area contributed by atoms with Crippen LogP contribution in [0.1, 0.15) is 42.4 Å². The van der Waals surface area contributed by atoms with Gasteiger partial charge in [-0.1, -0.05) is 13.0 Å². The lowest BCUT2D eigenvalue weighted by Crippen LogP contribution is -2.42. The number of piperidine rings is 1. The third-order valence-electron chi connectivity index (χ3n) is 5.28. The van der Waals surface area contributed by atoms with Crippen LogP contribution in [0, 0.1) is 5.92 Å². The minimum Gasteiger partial charge on any atom is -0.366 e. The molecular weight excluding hydrogens is 264 g/mol. The zero-order valence-electron chi connectivity index (χ0n) is 12.2. The Morgan fingerprint density at radius 3 is 3.14 bits per heavy atom. The number of H-pyrrole nitrogens is 1. The topological polar surface area (TPSA) is 75.0 Å². The van der Waals surface area contributed by atoms with Gasteiger partial charge in [-0.25, -0.2) is 4.98 Å². The maximum absolute atomic E-state index is 11.6. The van der Waals surface area contributed by atoms with Crippen molar-refractivity contribution >= 4 is 16.9 Å². The van der Waals surface area contributed by atoms with Gasteiger partial charge in [-0.05, 0) is 43.9 Å². The fourth-order valence-corrected chi connectivity index (χ4v) is 4.30. The second-order valence-corrected chi connectivity index (χ2v) is 6.33. The van der Waals surface area contributed by atoms with Crippen molar-refractivity contribution in [2.45, 2.75) is 31.7 Å². The lowest BCUT2D eigenvalue weighted by molar-refractivity contribution is 0.100. The van der Waals surface area contributed by atoms with Crippen LogP contribution in [0.2, 0.25) is 0 Å². The zero-order chi connectivity index (χ0) is 14.6. The van der Waals surface area contributed by atoms with Crippen molar-refractivity contribution < 1.29 is 4.79 Å². The van der Waals surface area contributed by atoms with Crippen LogP contribution in [0.15, 0.2) is 18.2 Å². The average molecular weight is 284 g/mol. The molecule has 4 rings (SSSR count). The summed E-state index contributed by atoms with van der Waals surface area (Å²) < 4.78 is 0. The normalized spacial score (nSPS) is 28.5. The summed E-state index contributed by atoms with van der Waals surface area (Å²) in [5.74, 6) is 1.38. The van der Waals surface area contributed by atoms with E-state index in [1.807, 2.05) is 12.1 Å². The molecule has 1 amide bonds. The standard InChI is InChI=1S/C16H20N4O/c1-2-20-9-10-6-7-16(20,8-10)15-18-12-5-3-4-11(14(17)21)13(12)19-15/h3-5,10H,2,6-9H2,1H3,(H2,17,21)(H,18,19)/t10-,16-/m1/s1. The molecule has 2 bridgehead atoms. The van der Waals surface area contributed by atoms with E-state index in [0.717, 1.165) is 36.8 Å². The molecule has 110 valence electrons. The van der Waals surface area contributed by atoms with Crippen LogP contribution >= 0.6 is 0 Å². The summed E-state index contributed by atoms with van der Waals surface area (Å²) >= 11 is 0. The number of aromatic amines is 1. The number of aromatic nitrogens is 2. The Morgan fingerprint density at radius 1 is 1.57 bits per heavy atom. The maximum atomic E-state index is 11.6. The first-order chi connectivity index (χ1) is 10.1. The fraction of sp³-hybridized carbons (Fsp3) is 0.500. The third-order valence-corrected chi connectivity index (χ3v) is 5.28. The van der Waals surface area contributed by atoms with E-state index in [4.69, 9.17) is 10.7 Å². The molecule has 0 unspecified atom stereocenters. The lowest BCUT2D eigenvalue weighted by Gasteiger charge is -2.36. The van der Waals surface area contributed by atoms with E-state index in [-0.39, 0.29) is 5.54 Å². The van der Waals surface area contributed by atoms with Gasteiger partial charge in [0.25, 0.3) is 5.91 Å². The van der Waals surface area contributed by atoms with Crippen LogP contribution in [-0.4, -0.2) is 33.9 Å². The Morgan fingerprint density at radius 2 is 2.43 bits per heavy atom. The SMILES string of the molecule is CCN1C[C@@H]2CC[C@]1(c1nc3c(C(N)=O)cccc3[nH]1)C2. The van der Waals surface area contributed by atoms with Crippen LogP contribution in [0.5, 0.6) is 0 Å². The quantitative estimate of drug-likeness (QED) is 0.905. The third kappa shape index (κ3) is 1.67. The molecule has 5 nitrogen and oxygen atoms in total. The monoisotopic (exact) mass is 284 g/mol. The molecule has 3 N–H and O–H groups in total. The van der Waals surface area contributed by atoms with E-state index in [2.05, 4.69) is 16.8 Å². The molecule has 2 atom stereocenters. The van der Waals surface area contributed by atoms with Gasteiger partial charge >= 0.3 is 0 Å². The van der Waals surface area contributed by atoms with Crippen molar-refractivity contribution in [2.24, 2.45) is 11.7 Å². The van der Waals surface area contributed by atoms with Gasteiger partial charge in [0.15, 0.2) is 0 Å². The number of carbonyl (C=O) groups is 1. The number of primary amides is 1. The minimum absolute atomic E-state index is 0.0351. The van der Waals surface area contributed by atoms with Gasteiger partial charge in [0.1, 0.15) is 11.3 Å². The summed E-state index contributed by atoms with van der Waals surface area (Å²) in [4.78, 5) is 22.4. The summed E-state index contributed by atoms with van der Waals surface area (Å²) in [6.45, 7) is 4.41. The number of nitrogens with two attached hydrogens (primary N) is 1. The predicted molar refractivity (Wildman–Crippen MR) is 80.9 cm³/mol. The number of benzene rings is 1. The molecule has 1 aromatic heterocycles. The van der Waals surface area contributed by atoms with Crippen LogP contribution < -0.4 is 5.73 Å². The summed E-state index contributed by atoms with van der Waals surface area (Å²) in [6.07, 6.45) is 3.60. The number of nitrogens with zero attached hydrogens (tertiary/aromatic N) is 2. The van der Waals surface area contributed by atoms with E-state index < -0.39 is 5.91 Å². The molecule has 1 saturated heterocycles. The van der Waals surface area contributed by atoms with Crippen molar-refractivity contribution in [1.82, 2.24) is 14.9 Å². The maximum Gasteiger partial charge on any atom is 0.250 e. The Balaban J connectivity index is 1.88. The van der Waals surface area contributed by atoms with E-state index in [9.17, 15) is 4.79 Å². The highest BCUT2D eigenvalue weighted by Crippen LogP contribution is 2.52. The summed E-state index contributed by atoms with van der Waals surface area (Å²) in [5.41, 5.74) is 7.62. The molecule has 2 aromatic rings. The van der Waals surface area contributed by atoms with Gasteiger partial charge in [-0.3, -0.25) is 9.69 Å². The van der Waals surface area contributed by atoms with Crippen LogP contribution in [0.25, 0.3) is 11.0 Å². The predicted octanol–water partition coefficient (Wildman–Crippen LogP) is 1.99. The highest BCUT2D eigenvalue weighted by atomic mass is 16.1. The number of likely N-dealkylation sites (tertiary alicyclic amines) is 1. The van der Waals surface area contributed by atoms with E-state index in [1.54, 1.807) is 6.07 Å². The number of imidazole rings is 1. The molecule has 1 saturated carbocycles. The van der Waals surface area contributed by atoms with E-state index >= 15 is 0 Å². The Bertz CT molecular complexity index is 722. The molecule has 2 aliphatic rings. The Labute approximate surface area is 123 Å². The van der Waals surface area contributed by atoms with E-state index in [0.29, 0.717) is 11.1 Å². The Hall–Kier alpha value is -1.88. The highest BCUT2D eigenvalue weighted by molar-refractivity contribution is 6.04. The highest BCUT2D eigenvalue weighted by Gasteiger charge is 2.52. The van der Waals surface area contributed by atoms with Crippen molar-refractivity contribution in [1.29, 1.82) is 0 Å². The molecule has 1 aliphatic heterocycles. The average Bonchev–Trinajstić information content (AvgIpc) is 3.17. The molecule has 0 radical (unpaired) electrons. The van der Waals surface area contributed by atoms with Crippen molar-refractivity contribution in [2.75, 3.05) is 13.1 Å². The second-order valence-electron chi connectivity index (χ2n) is 6.33. The first-order valence-electron chi connectivity index (χ1n) is 7.68. The van der Waals surface area contributed by atoms with Gasteiger partial charge < -0.3 is 10.7 Å². The van der Waals surface area contributed by atoms with Crippen molar-refractivity contribution in [3.05, 3.63) is 29.6 Å².